The first-order valence-corrected chi connectivity index (χ1v) is 8.86. The van der Waals surface area contributed by atoms with Crippen LogP contribution >= 0.6 is 0 Å². The maximum Gasteiger partial charge on any atom is 0.257 e. The molecule has 0 unspecified atom stereocenters. The lowest BCUT2D eigenvalue weighted by Gasteiger charge is -2.28. The van der Waals surface area contributed by atoms with Gasteiger partial charge in [0.15, 0.2) is 6.10 Å². The molecular weight excluding hydrogens is 318 g/mol. The fourth-order valence-corrected chi connectivity index (χ4v) is 3.66. The van der Waals surface area contributed by atoms with Gasteiger partial charge in [-0.1, -0.05) is 24.3 Å². The van der Waals surface area contributed by atoms with Crippen molar-refractivity contribution in [2.75, 3.05) is 25.1 Å². The summed E-state index contributed by atoms with van der Waals surface area (Å²) >= 11 is 0. The number of nitrogens with zero attached hydrogens (tertiary/aromatic N) is 2. The second-order valence-corrected chi connectivity index (χ2v) is 6.65. The van der Waals surface area contributed by atoms with Crippen molar-refractivity contribution in [1.82, 2.24) is 9.78 Å². The van der Waals surface area contributed by atoms with E-state index in [4.69, 9.17) is 9.47 Å². The van der Waals surface area contributed by atoms with Crippen LogP contribution in [0.25, 0.3) is 0 Å². The number of amides is 1. The van der Waals surface area contributed by atoms with E-state index in [9.17, 15) is 4.79 Å². The molecule has 1 saturated heterocycles. The molecule has 2 aromatic rings. The molecule has 2 heterocycles. The van der Waals surface area contributed by atoms with E-state index in [1.165, 1.54) is 11.1 Å². The number of hydrogen-bond acceptors (Lipinski definition) is 4. The molecule has 132 valence electrons. The van der Waals surface area contributed by atoms with Gasteiger partial charge < -0.3 is 14.8 Å². The average molecular weight is 341 g/mol. The average Bonchev–Trinajstić information content (AvgIpc) is 3.02. The van der Waals surface area contributed by atoms with Crippen molar-refractivity contribution in [2.24, 2.45) is 0 Å². The maximum absolute atomic E-state index is 12.5. The number of benzene rings is 1. The second-order valence-electron chi connectivity index (χ2n) is 6.65. The van der Waals surface area contributed by atoms with Crippen LogP contribution in [0.2, 0.25) is 0 Å². The number of fused-ring (bicyclic) bond motifs is 1. The van der Waals surface area contributed by atoms with Crippen molar-refractivity contribution >= 4 is 11.7 Å². The summed E-state index contributed by atoms with van der Waals surface area (Å²) in [5.41, 5.74) is 3.62. The predicted octanol–water partition coefficient (Wildman–Crippen LogP) is 2.47. The van der Waals surface area contributed by atoms with Crippen LogP contribution in [-0.2, 0) is 20.7 Å². The van der Waals surface area contributed by atoms with E-state index in [-0.39, 0.29) is 11.9 Å². The summed E-state index contributed by atoms with van der Waals surface area (Å²) in [6.45, 7) is 3.25. The lowest BCUT2D eigenvalue weighted by molar-refractivity contribution is -0.142. The molecule has 1 N–H and O–H groups in total. The SMILES string of the molecule is Cc1cnn([C@H]2CCCc3ccccc32)c1NC(=O)[C@@H]1COCCO1. The zero-order chi connectivity index (χ0) is 17.2. The van der Waals surface area contributed by atoms with Crippen molar-refractivity contribution in [2.45, 2.75) is 38.3 Å². The van der Waals surface area contributed by atoms with Gasteiger partial charge in [-0.25, -0.2) is 4.68 Å². The summed E-state index contributed by atoms with van der Waals surface area (Å²) < 4.78 is 12.8. The zero-order valence-electron chi connectivity index (χ0n) is 14.4. The third-order valence-electron chi connectivity index (χ3n) is 4.96. The Morgan fingerprint density at radius 1 is 1.32 bits per heavy atom. The third kappa shape index (κ3) is 3.19. The smallest absolute Gasteiger partial charge is 0.257 e. The third-order valence-corrected chi connectivity index (χ3v) is 4.96. The van der Waals surface area contributed by atoms with E-state index in [1.807, 2.05) is 17.8 Å². The highest BCUT2D eigenvalue weighted by Crippen LogP contribution is 2.35. The number of nitrogens with one attached hydrogen (secondary N) is 1. The maximum atomic E-state index is 12.5. The second kappa shape index (κ2) is 6.98. The molecule has 0 saturated carbocycles. The molecule has 2 atom stereocenters. The molecule has 2 aliphatic rings. The molecule has 1 aromatic carbocycles. The minimum atomic E-state index is -0.560. The number of anilines is 1. The van der Waals surface area contributed by atoms with Crippen molar-refractivity contribution < 1.29 is 14.3 Å². The van der Waals surface area contributed by atoms with Crippen molar-refractivity contribution in [1.29, 1.82) is 0 Å². The molecular formula is C19H23N3O3. The Balaban J connectivity index is 1.61. The van der Waals surface area contributed by atoms with Gasteiger partial charge in [-0.05, 0) is 37.3 Å². The minimum Gasteiger partial charge on any atom is -0.376 e. The van der Waals surface area contributed by atoms with Gasteiger partial charge in [0.05, 0.1) is 32.1 Å². The quantitative estimate of drug-likeness (QED) is 0.931. The monoisotopic (exact) mass is 341 g/mol. The number of carbonyl (C=O) groups excluding carboxylic acids is 1. The molecule has 0 radical (unpaired) electrons. The van der Waals surface area contributed by atoms with E-state index in [1.54, 1.807) is 0 Å². The van der Waals surface area contributed by atoms with Crippen LogP contribution in [0.5, 0.6) is 0 Å². The van der Waals surface area contributed by atoms with Crippen LogP contribution < -0.4 is 5.32 Å². The fraction of sp³-hybridized carbons (Fsp3) is 0.474. The Hall–Kier alpha value is -2.18. The highest BCUT2D eigenvalue weighted by Gasteiger charge is 2.28. The highest BCUT2D eigenvalue weighted by atomic mass is 16.6. The van der Waals surface area contributed by atoms with Gasteiger partial charge in [-0.3, -0.25) is 4.79 Å². The first kappa shape index (κ1) is 16.3. The lowest BCUT2D eigenvalue weighted by atomic mass is 9.88. The predicted molar refractivity (Wildman–Crippen MR) is 93.7 cm³/mol. The normalized spacial score (nSPS) is 23.1. The molecule has 25 heavy (non-hydrogen) atoms. The Bertz CT molecular complexity index is 765. The van der Waals surface area contributed by atoms with Gasteiger partial charge in [-0.15, -0.1) is 0 Å². The van der Waals surface area contributed by atoms with E-state index < -0.39 is 6.10 Å². The lowest BCUT2D eigenvalue weighted by Crippen LogP contribution is -2.39. The molecule has 1 aliphatic heterocycles. The summed E-state index contributed by atoms with van der Waals surface area (Å²) in [5, 5.41) is 7.58. The Morgan fingerprint density at radius 2 is 2.20 bits per heavy atom. The van der Waals surface area contributed by atoms with Crippen molar-refractivity contribution in [3.05, 3.63) is 47.2 Å². The van der Waals surface area contributed by atoms with Crippen LogP contribution in [0.15, 0.2) is 30.5 Å². The fourth-order valence-electron chi connectivity index (χ4n) is 3.66. The van der Waals surface area contributed by atoms with Crippen molar-refractivity contribution in [3.8, 4) is 0 Å². The van der Waals surface area contributed by atoms with Gasteiger partial charge in [0, 0.05) is 5.56 Å². The molecule has 0 bridgehead atoms. The highest BCUT2D eigenvalue weighted by molar-refractivity contribution is 5.94. The number of ether oxygens (including phenoxy) is 2. The largest absolute Gasteiger partial charge is 0.376 e. The number of aryl methyl sites for hydroxylation is 2. The van der Waals surface area contributed by atoms with E-state index in [0.717, 1.165) is 30.6 Å². The van der Waals surface area contributed by atoms with Gasteiger partial charge in [0.1, 0.15) is 5.82 Å². The van der Waals surface area contributed by atoms with E-state index in [2.05, 4.69) is 34.7 Å². The first-order chi connectivity index (χ1) is 12.2. The minimum absolute atomic E-state index is 0.150. The van der Waals surface area contributed by atoms with Crippen molar-refractivity contribution in [3.63, 3.8) is 0 Å². The Kier molecular flexibility index (Phi) is 4.55. The van der Waals surface area contributed by atoms with Crippen LogP contribution in [0.4, 0.5) is 5.82 Å². The number of rotatable bonds is 3. The molecule has 1 aliphatic carbocycles. The zero-order valence-corrected chi connectivity index (χ0v) is 14.4. The summed E-state index contributed by atoms with van der Waals surface area (Å²) in [6.07, 6.45) is 4.49. The number of hydrogen-bond donors (Lipinski definition) is 1. The molecule has 6 heteroatoms. The molecule has 1 aromatic heterocycles. The number of aromatic nitrogens is 2. The molecule has 6 nitrogen and oxygen atoms in total. The topological polar surface area (TPSA) is 65.4 Å². The summed E-state index contributed by atoms with van der Waals surface area (Å²) in [5.74, 6) is 0.578. The van der Waals surface area contributed by atoms with Crippen LogP contribution in [0.1, 0.15) is 35.6 Å². The van der Waals surface area contributed by atoms with E-state index in [0.29, 0.717) is 19.8 Å². The summed E-state index contributed by atoms with van der Waals surface area (Å²) in [7, 11) is 0. The van der Waals surface area contributed by atoms with Gasteiger partial charge in [-0.2, -0.15) is 5.10 Å². The molecule has 1 fully saturated rings. The summed E-state index contributed by atoms with van der Waals surface area (Å²) in [4.78, 5) is 12.5. The van der Waals surface area contributed by atoms with Crippen LogP contribution in [0, 0.1) is 6.92 Å². The van der Waals surface area contributed by atoms with E-state index >= 15 is 0 Å². The summed E-state index contributed by atoms with van der Waals surface area (Å²) in [6, 6.07) is 8.65. The standard InChI is InChI=1S/C19H23N3O3/c1-13-11-20-22(16-8-4-6-14-5-2-3-7-15(14)16)18(13)21-19(23)17-12-24-9-10-25-17/h2-3,5,7,11,16-17H,4,6,8-10,12H2,1H3,(H,21,23)/t16-,17-/m0/s1. The van der Waals surface area contributed by atoms with Crippen LogP contribution in [-0.4, -0.2) is 41.6 Å². The molecule has 0 spiro atoms. The molecule has 4 rings (SSSR count). The Morgan fingerprint density at radius 3 is 3.04 bits per heavy atom. The first-order valence-electron chi connectivity index (χ1n) is 8.86. The number of carbonyl (C=O) groups is 1. The molecule has 1 amide bonds. The van der Waals surface area contributed by atoms with Crippen LogP contribution in [0.3, 0.4) is 0 Å². The van der Waals surface area contributed by atoms with Gasteiger partial charge in [0.2, 0.25) is 0 Å². The Labute approximate surface area is 147 Å². The van der Waals surface area contributed by atoms with Gasteiger partial charge in [0.25, 0.3) is 5.91 Å². The van der Waals surface area contributed by atoms with Gasteiger partial charge >= 0.3 is 0 Å².